The minimum absolute atomic E-state index is 0.0469. The van der Waals surface area contributed by atoms with Crippen molar-refractivity contribution in [2.45, 2.75) is 19.4 Å². The Kier molecular flexibility index (Phi) is 4.19. The monoisotopic (exact) mass is 436 g/mol. The maximum absolute atomic E-state index is 12.9. The van der Waals surface area contributed by atoms with E-state index in [1.807, 2.05) is 26.2 Å². The second kappa shape index (κ2) is 6.74. The van der Waals surface area contributed by atoms with Crippen LogP contribution in [0, 0.1) is 0 Å². The van der Waals surface area contributed by atoms with Crippen LogP contribution in [0.2, 0.25) is 0 Å². The van der Waals surface area contributed by atoms with Crippen LogP contribution in [-0.4, -0.2) is 46.6 Å². The summed E-state index contributed by atoms with van der Waals surface area (Å²) in [7, 11) is 1.97. The number of hydrogen-bond donors (Lipinski definition) is 0. The molecule has 0 radical (unpaired) electrons. The number of pyridine rings is 2. The van der Waals surface area contributed by atoms with Crippen LogP contribution in [-0.2, 0) is 6.54 Å². The molecule has 1 fully saturated rings. The Hall–Kier alpha value is -2.68. The minimum Gasteiger partial charge on any atom is -0.356 e. The number of hydrogen-bond acceptors (Lipinski definition) is 5. The van der Waals surface area contributed by atoms with Crippen molar-refractivity contribution < 1.29 is 4.79 Å². The van der Waals surface area contributed by atoms with Crippen molar-refractivity contribution in [3.8, 4) is 5.69 Å². The van der Waals surface area contributed by atoms with E-state index in [0.29, 0.717) is 12.1 Å². The third-order valence-electron chi connectivity index (χ3n) is 5.22. The average Bonchev–Trinajstić information content (AvgIpc) is 3.40. The van der Waals surface area contributed by atoms with E-state index in [0.717, 1.165) is 45.9 Å². The lowest BCUT2D eigenvalue weighted by atomic mass is 9.98. The quantitative estimate of drug-likeness (QED) is 0.581. The number of amides is 1. The lowest BCUT2D eigenvalue weighted by molar-refractivity contribution is 0.0996. The molecule has 0 unspecified atom stereocenters. The van der Waals surface area contributed by atoms with Crippen LogP contribution < -0.4 is 15.3 Å². The highest BCUT2D eigenvalue weighted by molar-refractivity contribution is 9.10. The molecule has 1 saturated heterocycles. The normalized spacial score (nSPS) is 16.1. The summed E-state index contributed by atoms with van der Waals surface area (Å²) < 4.78 is 2.68. The molecule has 0 atom stereocenters. The maximum atomic E-state index is 12.9. The van der Waals surface area contributed by atoms with Crippen LogP contribution in [0.5, 0.6) is 0 Å². The molecule has 140 valence electrons. The number of halogens is 1. The van der Waals surface area contributed by atoms with Crippen LogP contribution in [0.4, 0.5) is 11.5 Å². The fourth-order valence-corrected chi connectivity index (χ4v) is 4.39. The lowest BCUT2D eigenvalue weighted by Crippen LogP contribution is -2.25. The Bertz CT molecular complexity index is 1080. The average molecular weight is 437 g/mol. The molecule has 3 aromatic rings. The second-order valence-corrected chi connectivity index (χ2v) is 8.09. The Balaban J connectivity index is 1.42. The van der Waals surface area contributed by atoms with Gasteiger partial charge in [0.15, 0.2) is 0 Å². The molecule has 2 aliphatic rings. The number of aromatic nitrogens is 4. The van der Waals surface area contributed by atoms with E-state index < -0.39 is 0 Å². The summed E-state index contributed by atoms with van der Waals surface area (Å²) >= 11 is 3.64. The number of fused-ring (bicyclic) bond motifs is 1. The van der Waals surface area contributed by atoms with E-state index >= 15 is 0 Å². The van der Waals surface area contributed by atoms with Crippen molar-refractivity contribution in [1.82, 2.24) is 19.7 Å². The van der Waals surface area contributed by atoms with Gasteiger partial charge in [0, 0.05) is 25.5 Å². The molecule has 0 aromatic carbocycles. The third kappa shape index (κ3) is 2.90. The zero-order valence-corrected chi connectivity index (χ0v) is 17.1. The predicted octanol–water partition coefficient (Wildman–Crippen LogP) is 1.44. The first-order chi connectivity index (χ1) is 13.6. The van der Waals surface area contributed by atoms with Crippen LogP contribution in [0.25, 0.3) is 5.69 Å². The molecule has 7 nitrogen and oxygen atoms in total. The number of carbonyl (C=O) groups is 1. The van der Waals surface area contributed by atoms with Gasteiger partial charge in [-0.3, -0.25) is 9.78 Å². The summed E-state index contributed by atoms with van der Waals surface area (Å²) in [6.45, 7) is 2.53. The zero-order valence-electron chi connectivity index (χ0n) is 15.5. The van der Waals surface area contributed by atoms with Gasteiger partial charge in [-0.25, -0.2) is 9.67 Å². The SMILES string of the molecule is Bc1cncc(N2Cc3nn(-c4cnc(N5CCCC5)c(Br)c4)cc3C2=O)c1. The highest BCUT2D eigenvalue weighted by Crippen LogP contribution is 2.30. The van der Waals surface area contributed by atoms with E-state index in [4.69, 9.17) is 0 Å². The molecular weight excluding hydrogens is 419 g/mol. The number of anilines is 2. The van der Waals surface area contributed by atoms with Crippen molar-refractivity contribution in [3.63, 3.8) is 0 Å². The molecule has 0 bridgehead atoms. The van der Waals surface area contributed by atoms with Gasteiger partial charge in [0.05, 0.1) is 46.0 Å². The first-order valence-electron chi connectivity index (χ1n) is 9.33. The van der Waals surface area contributed by atoms with E-state index in [1.54, 1.807) is 28.2 Å². The van der Waals surface area contributed by atoms with Gasteiger partial charge in [-0.2, -0.15) is 5.10 Å². The van der Waals surface area contributed by atoms with E-state index in [1.165, 1.54) is 12.8 Å². The van der Waals surface area contributed by atoms with Crippen molar-refractivity contribution in [2.75, 3.05) is 22.9 Å². The molecule has 1 amide bonds. The molecule has 0 aliphatic carbocycles. The molecule has 5 heterocycles. The summed E-state index contributed by atoms with van der Waals surface area (Å²) in [5, 5.41) is 4.64. The molecule has 0 spiro atoms. The summed E-state index contributed by atoms with van der Waals surface area (Å²) in [4.78, 5) is 25.7. The van der Waals surface area contributed by atoms with Gasteiger partial charge >= 0.3 is 0 Å². The Labute approximate surface area is 171 Å². The van der Waals surface area contributed by atoms with Crippen molar-refractivity contribution in [3.05, 3.63) is 52.7 Å². The molecule has 2 aliphatic heterocycles. The van der Waals surface area contributed by atoms with Crippen LogP contribution in [0.15, 0.2) is 41.4 Å². The molecule has 28 heavy (non-hydrogen) atoms. The smallest absolute Gasteiger partial charge is 0.262 e. The number of rotatable bonds is 3. The molecule has 5 rings (SSSR count). The molecule has 0 saturated carbocycles. The topological polar surface area (TPSA) is 67.2 Å². The van der Waals surface area contributed by atoms with Gasteiger partial charge < -0.3 is 9.80 Å². The van der Waals surface area contributed by atoms with E-state index in [2.05, 4.69) is 35.9 Å². The van der Waals surface area contributed by atoms with Gasteiger partial charge in [-0.1, -0.05) is 5.46 Å². The number of nitrogens with zero attached hydrogens (tertiary/aromatic N) is 6. The molecule has 3 aromatic heterocycles. The highest BCUT2D eigenvalue weighted by Gasteiger charge is 2.32. The second-order valence-electron chi connectivity index (χ2n) is 7.24. The van der Waals surface area contributed by atoms with E-state index in [-0.39, 0.29) is 5.91 Å². The van der Waals surface area contributed by atoms with Gasteiger partial charge in [0.2, 0.25) is 0 Å². The van der Waals surface area contributed by atoms with Gasteiger partial charge in [-0.05, 0) is 40.9 Å². The number of carbonyl (C=O) groups excluding carboxylic acids is 1. The third-order valence-corrected chi connectivity index (χ3v) is 5.81. The fraction of sp³-hybridized carbons (Fsp3) is 0.263. The largest absolute Gasteiger partial charge is 0.356 e. The molecule has 0 N–H and O–H groups in total. The fourth-order valence-electron chi connectivity index (χ4n) is 3.81. The predicted molar refractivity (Wildman–Crippen MR) is 113 cm³/mol. The molecule has 9 heteroatoms. The lowest BCUT2D eigenvalue weighted by Gasteiger charge is -2.18. The van der Waals surface area contributed by atoms with Crippen molar-refractivity contribution in [2.24, 2.45) is 0 Å². The maximum Gasteiger partial charge on any atom is 0.262 e. The van der Waals surface area contributed by atoms with Crippen LogP contribution >= 0.6 is 15.9 Å². The van der Waals surface area contributed by atoms with Crippen LogP contribution in [0.1, 0.15) is 28.9 Å². The van der Waals surface area contributed by atoms with Crippen molar-refractivity contribution in [1.29, 1.82) is 0 Å². The summed E-state index contributed by atoms with van der Waals surface area (Å²) in [5.74, 6) is 0.921. The highest BCUT2D eigenvalue weighted by atomic mass is 79.9. The Morgan fingerprint density at radius 2 is 1.89 bits per heavy atom. The van der Waals surface area contributed by atoms with Gasteiger partial charge in [0.25, 0.3) is 5.91 Å². The van der Waals surface area contributed by atoms with Gasteiger partial charge in [0.1, 0.15) is 13.7 Å². The van der Waals surface area contributed by atoms with Crippen molar-refractivity contribution >= 4 is 46.7 Å². The minimum atomic E-state index is -0.0469. The summed E-state index contributed by atoms with van der Waals surface area (Å²) in [6, 6.07) is 3.97. The Morgan fingerprint density at radius 1 is 1.07 bits per heavy atom. The van der Waals surface area contributed by atoms with Crippen LogP contribution in [0.3, 0.4) is 0 Å². The summed E-state index contributed by atoms with van der Waals surface area (Å²) in [6.07, 6.45) is 9.50. The Morgan fingerprint density at radius 3 is 2.61 bits per heavy atom. The molecular formula is C19H18BBrN6O. The van der Waals surface area contributed by atoms with E-state index in [9.17, 15) is 4.79 Å². The zero-order chi connectivity index (χ0) is 19.3. The first kappa shape index (κ1) is 17.4. The standard InChI is InChI=1S/C19H18BBrN6O/c20-12-5-13(8-22-7-12)26-11-17-15(19(26)28)10-27(24-17)14-6-16(21)18(23-9-14)25-3-1-2-4-25/h5-10H,1-4,11,20H2. The first-order valence-corrected chi connectivity index (χ1v) is 10.1. The van der Waals surface area contributed by atoms with Gasteiger partial charge in [-0.15, -0.1) is 0 Å². The summed E-state index contributed by atoms with van der Waals surface area (Å²) in [5.41, 5.74) is 4.05.